The summed E-state index contributed by atoms with van der Waals surface area (Å²) in [6.07, 6.45) is 2.29. The predicted molar refractivity (Wildman–Crippen MR) is 87.3 cm³/mol. The SMILES string of the molecule is CSCCC(NC(=O)c1csc(-c2cccs2)n1)C(=O)O. The molecule has 0 aromatic carbocycles. The molecule has 2 aromatic rings. The molecule has 0 aliphatic carbocycles. The van der Waals surface area contributed by atoms with Gasteiger partial charge in [0.1, 0.15) is 16.7 Å². The summed E-state index contributed by atoms with van der Waals surface area (Å²) in [5.74, 6) is -0.789. The van der Waals surface area contributed by atoms with Crippen LogP contribution in [0.25, 0.3) is 9.88 Å². The molecule has 1 unspecified atom stereocenters. The molecule has 112 valence electrons. The summed E-state index contributed by atoms with van der Waals surface area (Å²) < 4.78 is 0. The van der Waals surface area contributed by atoms with Crippen molar-refractivity contribution >= 4 is 46.3 Å². The lowest BCUT2D eigenvalue weighted by Crippen LogP contribution is -2.41. The van der Waals surface area contributed by atoms with Crippen LogP contribution >= 0.6 is 34.4 Å². The highest BCUT2D eigenvalue weighted by Crippen LogP contribution is 2.27. The molecule has 2 aromatic heterocycles. The molecule has 0 saturated carbocycles. The van der Waals surface area contributed by atoms with E-state index >= 15 is 0 Å². The summed E-state index contributed by atoms with van der Waals surface area (Å²) >= 11 is 4.47. The number of hydrogen-bond acceptors (Lipinski definition) is 6. The molecule has 0 aliphatic rings. The number of thiazole rings is 1. The van der Waals surface area contributed by atoms with E-state index in [9.17, 15) is 9.59 Å². The zero-order chi connectivity index (χ0) is 15.2. The standard InChI is InChI=1S/C13H14N2O3S3/c1-19-6-4-8(13(17)18)14-11(16)9-7-21-12(15-9)10-3-2-5-20-10/h2-3,5,7-8H,4,6H2,1H3,(H,14,16)(H,17,18). The molecular formula is C13H14N2O3S3. The van der Waals surface area contributed by atoms with E-state index in [1.165, 1.54) is 11.3 Å². The van der Waals surface area contributed by atoms with E-state index < -0.39 is 17.9 Å². The van der Waals surface area contributed by atoms with E-state index in [0.29, 0.717) is 12.2 Å². The van der Waals surface area contributed by atoms with Gasteiger partial charge in [0.05, 0.1) is 4.88 Å². The van der Waals surface area contributed by atoms with Gasteiger partial charge in [-0.05, 0) is 29.9 Å². The number of rotatable bonds is 7. The van der Waals surface area contributed by atoms with Gasteiger partial charge in [-0.3, -0.25) is 4.79 Å². The molecule has 2 N–H and O–H groups in total. The van der Waals surface area contributed by atoms with Gasteiger partial charge in [-0.1, -0.05) is 6.07 Å². The van der Waals surface area contributed by atoms with Gasteiger partial charge in [0, 0.05) is 5.38 Å². The monoisotopic (exact) mass is 342 g/mol. The average Bonchev–Trinajstić information content (AvgIpc) is 3.12. The molecule has 0 bridgehead atoms. The molecule has 0 spiro atoms. The van der Waals surface area contributed by atoms with Crippen molar-refractivity contribution in [2.24, 2.45) is 0 Å². The van der Waals surface area contributed by atoms with Crippen molar-refractivity contribution in [3.63, 3.8) is 0 Å². The van der Waals surface area contributed by atoms with Crippen molar-refractivity contribution in [2.75, 3.05) is 12.0 Å². The number of hydrogen-bond donors (Lipinski definition) is 2. The van der Waals surface area contributed by atoms with E-state index in [1.807, 2.05) is 23.8 Å². The van der Waals surface area contributed by atoms with Crippen LogP contribution in [-0.4, -0.2) is 40.0 Å². The van der Waals surface area contributed by atoms with Gasteiger partial charge in [-0.25, -0.2) is 9.78 Å². The third-order valence-electron chi connectivity index (χ3n) is 2.68. The van der Waals surface area contributed by atoms with Crippen molar-refractivity contribution in [1.29, 1.82) is 0 Å². The van der Waals surface area contributed by atoms with Crippen molar-refractivity contribution in [2.45, 2.75) is 12.5 Å². The van der Waals surface area contributed by atoms with Gasteiger partial charge in [-0.2, -0.15) is 11.8 Å². The van der Waals surface area contributed by atoms with Crippen LogP contribution in [0.15, 0.2) is 22.9 Å². The first-order valence-electron chi connectivity index (χ1n) is 6.14. The van der Waals surface area contributed by atoms with Crippen LogP contribution in [0.3, 0.4) is 0 Å². The van der Waals surface area contributed by atoms with Gasteiger partial charge in [0.2, 0.25) is 0 Å². The van der Waals surface area contributed by atoms with Gasteiger partial charge in [0.25, 0.3) is 5.91 Å². The number of carboxylic acids is 1. The number of thioether (sulfide) groups is 1. The molecule has 0 aliphatic heterocycles. The highest BCUT2D eigenvalue weighted by Gasteiger charge is 2.21. The second kappa shape index (κ2) is 7.58. The van der Waals surface area contributed by atoms with Crippen molar-refractivity contribution in [3.8, 4) is 9.88 Å². The number of thiophene rings is 1. The molecule has 5 nitrogen and oxygen atoms in total. The van der Waals surface area contributed by atoms with Gasteiger partial charge >= 0.3 is 5.97 Å². The highest BCUT2D eigenvalue weighted by atomic mass is 32.2. The number of nitrogens with one attached hydrogen (secondary N) is 1. The number of aliphatic carboxylic acids is 1. The molecule has 0 saturated heterocycles. The van der Waals surface area contributed by atoms with Crippen LogP contribution in [0, 0.1) is 0 Å². The van der Waals surface area contributed by atoms with Crippen LogP contribution in [0.2, 0.25) is 0 Å². The Labute approximate surface area is 134 Å². The number of carbonyl (C=O) groups excluding carboxylic acids is 1. The van der Waals surface area contributed by atoms with Crippen molar-refractivity contribution in [1.82, 2.24) is 10.3 Å². The van der Waals surface area contributed by atoms with Crippen LogP contribution < -0.4 is 5.32 Å². The quantitative estimate of drug-likeness (QED) is 0.809. The Morgan fingerprint density at radius 1 is 1.48 bits per heavy atom. The minimum atomic E-state index is -1.02. The van der Waals surface area contributed by atoms with Crippen molar-refractivity contribution in [3.05, 3.63) is 28.6 Å². The topological polar surface area (TPSA) is 79.3 Å². The summed E-state index contributed by atoms with van der Waals surface area (Å²) in [4.78, 5) is 28.5. The highest BCUT2D eigenvalue weighted by molar-refractivity contribution is 7.98. The average molecular weight is 342 g/mol. The van der Waals surface area contributed by atoms with Crippen LogP contribution in [0.5, 0.6) is 0 Å². The van der Waals surface area contributed by atoms with Crippen LogP contribution in [0.1, 0.15) is 16.9 Å². The fourth-order valence-electron chi connectivity index (χ4n) is 1.62. The summed E-state index contributed by atoms with van der Waals surface area (Å²) in [7, 11) is 0. The minimum absolute atomic E-state index is 0.263. The zero-order valence-corrected chi connectivity index (χ0v) is 13.7. The van der Waals surface area contributed by atoms with Crippen LogP contribution in [0.4, 0.5) is 0 Å². The number of aromatic nitrogens is 1. The Morgan fingerprint density at radius 2 is 2.29 bits per heavy atom. The number of amides is 1. The summed E-state index contributed by atoms with van der Waals surface area (Å²) in [5, 5.41) is 16.0. The van der Waals surface area contributed by atoms with Crippen molar-refractivity contribution < 1.29 is 14.7 Å². The Morgan fingerprint density at radius 3 is 2.90 bits per heavy atom. The normalized spacial score (nSPS) is 12.0. The van der Waals surface area contributed by atoms with Gasteiger partial charge in [0.15, 0.2) is 0 Å². The second-order valence-corrected chi connectivity index (χ2v) is 6.95. The first-order valence-corrected chi connectivity index (χ1v) is 9.29. The number of nitrogens with zero attached hydrogens (tertiary/aromatic N) is 1. The van der Waals surface area contributed by atoms with Gasteiger partial charge in [-0.15, -0.1) is 22.7 Å². The molecule has 0 radical (unpaired) electrons. The fourth-order valence-corrected chi connectivity index (χ4v) is 3.70. The smallest absolute Gasteiger partial charge is 0.326 e. The molecule has 1 amide bonds. The minimum Gasteiger partial charge on any atom is -0.480 e. The lowest BCUT2D eigenvalue weighted by Gasteiger charge is -2.12. The Bertz CT molecular complexity index is 610. The molecule has 21 heavy (non-hydrogen) atoms. The lowest BCUT2D eigenvalue weighted by atomic mass is 10.2. The molecule has 2 rings (SSSR count). The third-order valence-corrected chi connectivity index (χ3v) is 5.21. The number of carbonyl (C=O) groups is 2. The van der Waals surface area contributed by atoms with E-state index in [0.717, 1.165) is 9.88 Å². The fraction of sp³-hybridized carbons (Fsp3) is 0.308. The van der Waals surface area contributed by atoms with Crippen LogP contribution in [-0.2, 0) is 4.79 Å². The summed E-state index contributed by atoms with van der Waals surface area (Å²) in [6.45, 7) is 0. The molecule has 2 heterocycles. The first kappa shape index (κ1) is 16.0. The predicted octanol–water partition coefficient (Wildman–Crippen LogP) is 2.81. The Kier molecular flexibility index (Phi) is 5.77. The largest absolute Gasteiger partial charge is 0.480 e. The summed E-state index contributed by atoms with van der Waals surface area (Å²) in [5.41, 5.74) is 0.263. The molecular weight excluding hydrogens is 328 g/mol. The second-order valence-electron chi connectivity index (χ2n) is 4.16. The maximum Gasteiger partial charge on any atom is 0.326 e. The maximum atomic E-state index is 12.1. The molecule has 0 fully saturated rings. The maximum absolute atomic E-state index is 12.1. The van der Waals surface area contributed by atoms with Gasteiger partial charge < -0.3 is 10.4 Å². The summed E-state index contributed by atoms with van der Waals surface area (Å²) in [6, 6.07) is 2.98. The Balaban J connectivity index is 2.04. The number of carboxylic acid groups (broad SMARTS) is 1. The molecule has 1 atom stereocenters. The van der Waals surface area contributed by atoms with E-state index in [-0.39, 0.29) is 5.69 Å². The van der Waals surface area contributed by atoms with E-state index in [4.69, 9.17) is 5.11 Å². The zero-order valence-electron chi connectivity index (χ0n) is 11.2. The van der Waals surface area contributed by atoms with E-state index in [1.54, 1.807) is 28.5 Å². The Hall–Kier alpha value is -1.38. The van der Waals surface area contributed by atoms with E-state index in [2.05, 4.69) is 10.3 Å². The lowest BCUT2D eigenvalue weighted by molar-refractivity contribution is -0.139. The first-order chi connectivity index (χ1) is 10.1. The molecule has 8 heteroatoms. The third kappa shape index (κ3) is 4.29.